The van der Waals surface area contributed by atoms with Crippen molar-refractivity contribution in [3.63, 3.8) is 0 Å². The van der Waals surface area contributed by atoms with Crippen LogP contribution >= 0.6 is 24.0 Å². The maximum Gasteiger partial charge on any atom is 0.194 e. The molecule has 0 bridgehead atoms. The van der Waals surface area contributed by atoms with Gasteiger partial charge in [0.25, 0.3) is 0 Å². The molecule has 0 spiro atoms. The third-order valence-electron chi connectivity index (χ3n) is 5.12. The van der Waals surface area contributed by atoms with Crippen LogP contribution in [0.5, 0.6) is 5.75 Å². The van der Waals surface area contributed by atoms with Crippen molar-refractivity contribution in [3.8, 4) is 5.75 Å². The Morgan fingerprint density at radius 2 is 1.67 bits per heavy atom. The Morgan fingerprint density at radius 1 is 1.00 bits per heavy atom. The predicted octanol–water partition coefficient (Wildman–Crippen LogP) is 3.14. The molecular weight excluding hydrogens is 489 g/mol. The number of nitrogens with one attached hydrogen (secondary N) is 1. The fourth-order valence-corrected chi connectivity index (χ4v) is 3.45. The first-order chi connectivity index (χ1) is 14.2. The molecule has 1 N–H and O–H groups in total. The van der Waals surface area contributed by atoms with Crippen LogP contribution in [0.2, 0.25) is 0 Å². The molecule has 7 heteroatoms. The molecule has 30 heavy (non-hydrogen) atoms. The number of nitrogens with zero attached hydrogens (tertiary/aromatic N) is 4. The summed E-state index contributed by atoms with van der Waals surface area (Å²) in [5.74, 6) is 1.88. The summed E-state index contributed by atoms with van der Waals surface area (Å²) >= 11 is 0. The van der Waals surface area contributed by atoms with Crippen molar-refractivity contribution in [2.24, 2.45) is 4.99 Å². The zero-order valence-corrected chi connectivity index (χ0v) is 20.6. The molecule has 164 valence electrons. The van der Waals surface area contributed by atoms with Crippen molar-refractivity contribution < 1.29 is 4.74 Å². The number of para-hydroxylation sites is 2. The lowest BCUT2D eigenvalue weighted by Crippen LogP contribution is -2.52. The minimum absolute atomic E-state index is 0. The maximum absolute atomic E-state index is 5.98. The lowest BCUT2D eigenvalue weighted by molar-refractivity contribution is 0.259. The zero-order chi connectivity index (χ0) is 20.5. The smallest absolute Gasteiger partial charge is 0.194 e. The molecule has 0 saturated carbocycles. The van der Waals surface area contributed by atoms with Gasteiger partial charge in [0.1, 0.15) is 12.4 Å². The van der Waals surface area contributed by atoms with Crippen LogP contribution < -0.4 is 15.0 Å². The number of piperazine rings is 1. The Bertz CT molecular complexity index is 776. The van der Waals surface area contributed by atoms with E-state index in [-0.39, 0.29) is 24.0 Å². The first-order valence-electron chi connectivity index (χ1n) is 10.3. The Balaban J connectivity index is 0.00000320. The number of hydrogen-bond acceptors (Lipinski definition) is 4. The fourth-order valence-electron chi connectivity index (χ4n) is 3.45. The summed E-state index contributed by atoms with van der Waals surface area (Å²) in [5, 5.41) is 3.52. The molecule has 0 amide bonds. The molecule has 2 aromatic rings. The van der Waals surface area contributed by atoms with Crippen molar-refractivity contribution in [3.05, 3.63) is 60.2 Å². The highest BCUT2D eigenvalue weighted by molar-refractivity contribution is 14.0. The maximum atomic E-state index is 5.98. The second-order valence-corrected chi connectivity index (χ2v) is 7.47. The van der Waals surface area contributed by atoms with Crippen LogP contribution in [-0.4, -0.2) is 76.2 Å². The Morgan fingerprint density at radius 3 is 2.33 bits per heavy atom. The number of halogens is 1. The summed E-state index contributed by atoms with van der Waals surface area (Å²) in [4.78, 5) is 11.4. The minimum Gasteiger partial charge on any atom is -0.492 e. The number of aliphatic imine (C=N–C) groups is 1. The lowest BCUT2D eigenvalue weighted by Gasteiger charge is -2.37. The van der Waals surface area contributed by atoms with E-state index in [0.717, 1.165) is 50.0 Å². The van der Waals surface area contributed by atoms with Crippen molar-refractivity contribution in [2.45, 2.75) is 6.54 Å². The third-order valence-corrected chi connectivity index (χ3v) is 5.12. The van der Waals surface area contributed by atoms with Gasteiger partial charge >= 0.3 is 0 Å². The number of likely N-dealkylation sites (N-methyl/N-ethyl adjacent to an activating group) is 1. The Labute approximate surface area is 197 Å². The van der Waals surface area contributed by atoms with Gasteiger partial charge in [-0.2, -0.15) is 0 Å². The molecule has 0 aliphatic carbocycles. The monoisotopic (exact) mass is 523 g/mol. The van der Waals surface area contributed by atoms with Crippen LogP contribution in [0.3, 0.4) is 0 Å². The summed E-state index contributed by atoms with van der Waals surface area (Å²) in [6.45, 7) is 6.17. The molecule has 3 rings (SSSR count). The number of ether oxygens (including phenoxy) is 1. The molecule has 1 heterocycles. The fraction of sp³-hybridized carbons (Fsp3) is 0.435. The van der Waals surface area contributed by atoms with E-state index in [2.05, 4.69) is 81.6 Å². The van der Waals surface area contributed by atoms with Gasteiger partial charge in [0.15, 0.2) is 5.96 Å². The van der Waals surface area contributed by atoms with E-state index in [0.29, 0.717) is 13.2 Å². The minimum atomic E-state index is 0. The van der Waals surface area contributed by atoms with Crippen molar-refractivity contribution in [1.29, 1.82) is 0 Å². The molecule has 0 aromatic heterocycles. The number of guanidine groups is 1. The highest BCUT2D eigenvalue weighted by Gasteiger charge is 2.19. The highest BCUT2D eigenvalue weighted by atomic mass is 127. The van der Waals surface area contributed by atoms with E-state index in [1.54, 1.807) is 0 Å². The number of benzene rings is 2. The first-order valence-corrected chi connectivity index (χ1v) is 10.3. The molecule has 0 radical (unpaired) electrons. The first kappa shape index (κ1) is 24.3. The number of rotatable bonds is 7. The largest absolute Gasteiger partial charge is 0.492 e. The van der Waals surface area contributed by atoms with Gasteiger partial charge in [0.2, 0.25) is 0 Å². The van der Waals surface area contributed by atoms with Gasteiger partial charge in [-0.1, -0.05) is 36.4 Å². The summed E-state index contributed by atoms with van der Waals surface area (Å²) in [5.41, 5.74) is 2.44. The van der Waals surface area contributed by atoms with E-state index in [4.69, 9.17) is 4.74 Å². The van der Waals surface area contributed by atoms with Crippen LogP contribution in [0.25, 0.3) is 0 Å². The van der Waals surface area contributed by atoms with Gasteiger partial charge in [-0.05, 0) is 32.3 Å². The van der Waals surface area contributed by atoms with E-state index in [9.17, 15) is 0 Å². The average Bonchev–Trinajstić information content (AvgIpc) is 2.76. The molecule has 1 aliphatic heterocycles. The average molecular weight is 523 g/mol. The van der Waals surface area contributed by atoms with E-state index < -0.39 is 0 Å². The quantitative estimate of drug-likeness (QED) is 0.343. The molecule has 0 unspecified atom stereocenters. The second kappa shape index (κ2) is 12.6. The molecule has 0 atom stereocenters. The van der Waals surface area contributed by atoms with Gasteiger partial charge in [-0.3, -0.25) is 4.99 Å². The van der Waals surface area contributed by atoms with Crippen LogP contribution in [0, 0.1) is 0 Å². The predicted molar refractivity (Wildman–Crippen MR) is 136 cm³/mol. The van der Waals surface area contributed by atoms with Crippen molar-refractivity contribution in [1.82, 2.24) is 15.1 Å². The standard InChI is InChI=1S/C23H33N5O.HI/c1-24-23(28-15-13-27(14-16-28)21-10-5-4-6-11-21)25-19-20-9-7-8-12-22(20)29-18-17-26(2)3;/h4-12H,13-19H2,1-3H3,(H,24,25);1H. The van der Waals surface area contributed by atoms with Gasteiger partial charge in [-0.25, -0.2) is 0 Å². The lowest BCUT2D eigenvalue weighted by atomic mass is 10.2. The highest BCUT2D eigenvalue weighted by Crippen LogP contribution is 2.18. The summed E-state index contributed by atoms with van der Waals surface area (Å²) < 4.78 is 5.98. The van der Waals surface area contributed by atoms with Crippen LogP contribution in [0.4, 0.5) is 5.69 Å². The molecule has 6 nitrogen and oxygen atoms in total. The Hall–Kier alpha value is -2.00. The van der Waals surface area contributed by atoms with Gasteiger partial charge < -0.3 is 24.8 Å². The molecule has 1 aliphatic rings. The van der Waals surface area contributed by atoms with Crippen LogP contribution in [0.1, 0.15) is 5.56 Å². The van der Waals surface area contributed by atoms with E-state index in [1.807, 2.05) is 19.2 Å². The van der Waals surface area contributed by atoms with Gasteiger partial charge in [0, 0.05) is 57.6 Å². The summed E-state index contributed by atoms with van der Waals surface area (Å²) in [7, 11) is 5.96. The van der Waals surface area contributed by atoms with E-state index >= 15 is 0 Å². The summed E-state index contributed by atoms with van der Waals surface area (Å²) in [6.07, 6.45) is 0. The second-order valence-electron chi connectivity index (χ2n) is 7.47. The normalized spacial score (nSPS) is 14.5. The molecule has 1 fully saturated rings. The molecular formula is C23H34IN5O. The van der Waals surface area contributed by atoms with E-state index in [1.165, 1.54) is 5.69 Å². The topological polar surface area (TPSA) is 43.3 Å². The van der Waals surface area contributed by atoms with Crippen molar-refractivity contribution >= 4 is 35.6 Å². The molecule has 1 saturated heterocycles. The molecule has 2 aromatic carbocycles. The third kappa shape index (κ3) is 7.05. The van der Waals surface area contributed by atoms with Gasteiger partial charge in [0.05, 0.1) is 0 Å². The zero-order valence-electron chi connectivity index (χ0n) is 18.3. The Kier molecular flexibility index (Phi) is 10.2. The van der Waals surface area contributed by atoms with Crippen LogP contribution in [0.15, 0.2) is 59.6 Å². The number of hydrogen-bond donors (Lipinski definition) is 1. The van der Waals surface area contributed by atoms with Crippen molar-refractivity contribution in [2.75, 3.05) is 65.4 Å². The summed E-state index contributed by atoms with van der Waals surface area (Å²) in [6, 6.07) is 18.8. The van der Waals surface area contributed by atoms with Gasteiger partial charge in [-0.15, -0.1) is 24.0 Å². The SMILES string of the molecule is CN=C(NCc1ccccc1OCCN(C)C)N1CCN(c2ccccc2)CC1.I. The number of anilines is 1. The van der Waals surface area contributed by atoms with Crippen LogP contribution in [-0.2, 0) is 6.54 Å².